The van der Waals surface area contributed by atoms with Crippen molar-refractivity contribution in [3.05, 3.63) is 58.5 Å². The van der Waals surface area contributed by atoms with Gasteiger partial charge in [-0.15, -0.1) is 0 Å². The summed E-state index contributed by atoms with van der Waals surface area (Å²) in [5, 5.41) is 1.45. The molecule has 0 saturated carbocycles. The summed E-state index contributed by atoms with van der Waals surface area (Å²) in [6.07, 6.45) is -2.79. The number of anilines is 2. The van der Waals surface area contributed by atoms with Crippen molar-refractivity contribution >= 4 is 45.5 Å². The molecule has 1 aromatic carbocycles. The number of nitrogens with zero attached hydrogens (tertiary/aromatic N) is 4. The van der Waals surface area contributed by atoms with E-state index in [1.807, 2.05) is 29.2 Å². The van der Waals surface area contributed by atoms with Gasteiger partial charge in [-0.05, 0) is 36.4 Å². The number of alkyl halides is 3. The lowest BCUT2D eigenvalue weighted by Crippen LogP contribution is -2.46. The predicted molar refractivity (Wildman–Crippen MR) is 105 cm³/mol. The maximum atomic E-state index is 13.0. The van der Waals surface area contributed by atoms with Gasteiger partial charge in [-0.2, -0.15) is 13.2 Å². The van der Waals surface area contributed by atoms with Crippen molar-refractivity contribution in [2.75, 3.05) is 36.0 Å². The Balaban J connectivity index is 1.55. The highest BCUT2D eigenvalue weighted by atomic mass is 35.5. The molecule has 9 heteroatoms. The average Bonchev–Trinajstić information content (AvgIpc) is 2.66. The van der Waals surface area contributed by atoms with Gasteiger partial charge in [0.25, 0.3) is 0 Å². The van der Waals surface area contributed by atoms with Gasteiger partial charge in [-0.25, -0.2) is 4.98 Å². The number of hydrogen-bond donors (Lipinski definition) is 0. The molecule has 28 heavy (non-hydrogen) atoms. The zero-order valence-electron chi connectivity index (χ0n) is 14.5. The molecule has 0 N–H and O–H groups in total. The van der Waals surface area contributed by atoms with E-state index >= 15 is 0 Å². The van der Waals surface area contributed by atoms with Crippen LogP contribution in [0.4, 0.5) is 24.5 Å². The second kappa shape index (κ2) is 7.29. The molecule has 3 heterocycles. The summed E-state index contributed by atoms with van der Waals surface area (Å²) < 4.78 is 39.0. The summed E-state index contributed by atoms with van der Waals surface area (Å²) in [6, 6.07) is 10.0. The fourth-order valence-electron chi connectivity index (χ4n) is 3.40. The Bertz CT molecular complexity index is 1020. The molecule has 4 nitrogen and oxygen atoms in total. The second-order valence-electron chi connectivity index (χ2n) is 6.50. The van der Waals surface area contributed by atoms with Crippen molar-refractivity contribution < 1.29 is 13.2 Å². The summed E-state index contributed by atoms with van der Waals surface area (Å²) in [4.78, 5) is 11.8. The molecule has 2 aromatic heterocycles. The molecule has 4 rings (SSSR count). The molecule has 1 fully saturated rings. The van der Waals surface area contributed by atoms with Crippen LogP contribution < -0.4 is 9.80 Å². The maximum Gasteiger partial charge on any atom is 0.433 e. The van der Waals surface area contributed by atoms with E-state index in [1.54, 1.807) is 6.20 Å². The molecule has 1 aliphatic heterocycles. The Morgan fingerprint density at radius 1 is 0.893 bits per heavy atom. The van der Waals surface area contributed by atoms with E-state index in [9.17, 15) is 13.2 Å². The number of benzene rings is 1. The summed E-state index contributed by atoms with van der Waals surface area (Å²) in [5.41, 5.74) is 1.29. The maximum absolute atomic E-state index is 13.0. The smallest absolute Gasteiger partial charge is 0.368 e. The molecule has 0 atom stereocenters. The van der Waals surface area contributed by atoms with Gasteiger partial charge in [-0.1, -0.05) is 23.2 Å². The molecule has 1 saturated heterocycles. The number of piperazine rings is 1. The fraction of sp³-hybridized carbons (Fsp3) is 0.263. The summed E-state index contributed by atoms with van der Waals surface area (Å²) in [7, 11) is 0. The number of aromatic nitrogens is 2. The highest BCUT2D eigenvalue weighted by molar-refractivity contribution is 6.31. The Hall–Kier alpha value is -2.25. The van der Waals surface area contributed by atoms with Crippen LogP contribution in [0.3, 0.4) is 0 Å². The normalized spacial score (nSPS) is 15.3. The zero-order chi connectivity index (χ0) is 19.9. The topological polar surface area (TPSA) is 32.3 Å². The van der Waals surface area contributed by atoms with Crippen LogP contribution in [0.5, 0.6) is 0 Å². The van der Waals surface area contributed by atoms with Crippen LogP contribution in [-0.2, 0) is 6.18 Å². The van der Waals surface area contributed by atoms with Gasteiger partial charge in [-0.3, -0.25) is 4.98 Å². The van der Waals surface area contributed by atoms with Gasteiger partial charge in [0.2, 0.25) is 0 Å². The van der Waals surface area contributed by atoms with Crippen molar-refractivity contribution in [2.24, 2.45) is 0 Å². The molecular formula is C19H15Cl2F3N4. The highest BCUT2D eigenvalue weighted by Crippen LogP contribution is 2.33. The van der Waals surface area contributed by atoms with Gasteiger partial charge in [0.1, 0.15) is 10.8 Å². The standard InChI is InChI=1S/C19H15Cl2F3N4/c20-12-1-2-14-15(9-12)25-4-3-16(14)28-7-5-27(6-8-28)13-10-17(19(22,23)24)26-18(21)11-13/h1-4,9-11H,5-8H2. The highest BCUT2D eigenvalue weighted by Gasteiger charge is 2.34. The van der Waals surface area contributed by atoms with Gasteiger partial charge < -0.3 is 9.80 Å². The Morgan fingerprint density at radius 2 is 1.61 bits per heavy atom. The van der Waals surface area contributed by atoms with Gasteiger partial charge in [0.05, 0.1) is 5.52 Å². The van der Waals surface area contributed by atoms with Crippen LogP contribution in [0.1, 0.15) is 5.69 Å². The molecule has 3 aromatic rings. The third kappa shape index (κ3) is 3.82. The monoisotopic (exact) mass is 426 g/mol. The van der Waals surface area contributed by atoms with Crippen LogP contribution in [0.2, 0.25) is 10.2 Å². The number of fused-ring (bicyclic) bond motifs is 1. The first-order valence-corrected chi connectivity index (χ1v) is 9.36. The molecule has 1 aliphatic rings. The third-order valence-electron chi connectivity index (χ3n) is 4.74. The van der Waals surface area contributed by atoms with Gasteiger partial charge in [0.15, 0.2) is 0 Å². The van der Waals surface area contributed by atoms with E-state index in [1.165, 1.54) is 6.07 Å². The van der Waals surface area contributed by atoms with E-state index in [0.717, 1.165) is 22.7 Å². The van der Waals surface area contributed by atoms with Crippen molar-refractivity contribution in [2.45, 2.75) is 6.18 Å². The minimum absolute atomic E-state index is 0.163. The predicted octanol–water partition coefficient (Wildman–Crippen LogP) is 5.28. The number of hydrogen-bond acceptors (Lipinski definition) is 4. The average molecular weight is 427 g/mol. The fourth-order valence-corrected chi connectivity index (χ4v) is 3.77. The Morgan fingerprint density at radius 3 is 2.32 bits per heavy atom. The molecule has 146 valence electrons. The van der Waals surface area contributed by atoms with E-state index in [-0.39, 0.29) is 5.15 Å². The second-order valence-corrected chi connectivity index (χ2v) is 7.32. The summed E-state index contributed by atoms with van der Waals surface area (Å²) in [5.74, 6) is 0. The zero-order valence-corrected chi connectivity index (χ0v) is 16.1. The van der Waals surface area contributed by atoms with Gasteiger partial charge in [0, 0.05) is 54.2 Å². The van der Waals surface area contributed by atoms with Crippen LogP contribution in [0.15, 0.2) is 42.6 Å². The van der Waals surface area contributed by atoms with E-state index in [0.29, 0.717) is 36.9 Å². The Labute approximate surface area is 169 Å². The lowest BCUT2D eigenvalue weighted by Gasteiger charge is -2.38. The molecule has 0 unspecified atom stereocenters. The molecular weight excluding hydrogens is 412 g/mol. The largest absolute Gasteiger partial charge is 0.433 e. The van der Waals surface area contributed by atoms with Crippen LogP contribution in [-0.4, -0.2) is 36.1 Å². The number of pyridine rings is 2. The lowest BCUT2D eigenvalue weighted by molar-refractivity contribution is -0.141. The van der Waals surface area contributed by atoms with Crippen LogP contribution >= 0.6 is 23.2 Å². The van der Waals surface area contributed by atoms with Gasteiger partial charge >= 0.3 is 6.18 Å². The Kier molecular flexibility index (Phi) is 4.97. The van der Waals surface area contributed by atoms with E-state index in [4.69, 9.17) is 23.2 Å². The molecule has 0 aliphatic carbocycles. The van der Waals surface area contributed by atoms with Crippen LogP contribution in [0.25, 0.3) is 10.9 Å². The minimum atomic E-state index is -4.53. The summed E-state index contributed by atoms with van der Waals surface area (Å²) in [6.45, 7) is 2.44. The van der Waals surface area contributed by atoms with E-state index in [2.05, 4.69) is 14.9 Å². The van der Waals surface area contributed by atoms with E-state index < -0.39 is 11.9 Å². The lowest BCUT2D eigenvalue weighted by atomic mass is 10.1. The van der Waals surface area contributed by atoms with Crippen LogP contribution in [0, 0.1) is 0 Å². The number of rotatable bonds is 2. The molecule has 0 amide bonds. The van der Waals surface area contributed by atoms with Crippen molar-refractivity contribution in [3.8, 4) is 0 Å². The molecule has 0 spiro atoms. The van der Waals surface area contributed by atoms with Crippen molar-refractivity contribution in [3.63, 3.8) is 0 Å². The third-order valence-corrected chi connectivity index (χ3v) is 5.17. The van der Waals surface area contributed by atoms with Crippen molar-refractivity contribution in [1.82, 2.24) is 9.97 Å². The first-order chi connectivity index (χ1) is 13.3. The SMILES string of the molecule is FC(F)(F)c1cc(N2CCN(c3ccnc4cc(Cl)ccc34)CC2)cc(Cl)n1. The first kappa shape index (κ1) is 19.1. The quantitative estimate of drug-likeness (QED) is 0.521. The first-order valence-electron chi connectivity index (χ1n) is 8.60. The molecule has 0 bridgehead atoms. The minimum Gasteiger partial charge on any atom is -0.368 e. The number of halogens is 5. The summed E-state index contributed by atoms with van der Waals surface area (Å²) >= 11 is 11.9. The molecule has 0 radical (unpaired) electrons. The van der Waals surface area contributed by atoms with Crippen molar-refractivity contribution in [1.29, 1.82) is 0 Å².